The Kier molecular flexibility index (Phi) is 27.0. The lowest BCUT2D eigenvalue weighted by Gasteiger charge is -2.21. The maximum absolute atomic E-state index is 6.45. The molecular formula is C139H108O2S5. The molecular weight excluding hydrogens is 1860 g/mol. The molecule has 7 aromatic heterocycles. The van der Waals surface area contributed by atoms with Gasteiger partial charge in [0.25, 0.3) is 0 Å². The van der Waals surface area contributed by atoms with Crippen LogP contribution in [0.3, 0.4) is 0 Å². The van der Waals surface area contributed by atoms with E-state index in [9.17, 15) is 0 Å². The van der Waals surface area contributed by atoms with Gasteiger partial charge in [0.2, 0.25) is 0 Å². The molecule has 0 amide bonds. The molecule has 0 N–H and O–H groups in total. The standard InChI is InChI=1S/C25H18O.C19H20O.5C19H14S/c1-17-13-15-19(16-14-17)21-10-6-12-23-22-11-5-9-20(24(22)26-25(21)23)18-7-3-2-4-8-18;1-13-7-5-11-16-17-12-6-10-15(19(17)20-18(13)16)14-8-3-2-4-9-14;1-13-6-4-7-14(12-13)15-9-5-11-18-19(15)16-8-2-3-10-17(16)20-18;1-13-7-2-3-8-14(13)15-10-6-12-18-19(15)16-9-4-5-11-17(16)20-18;1-13-5-4-6-14(11-13)15-9-10-17-16-7-2-3-8-18(16)20-19(17)12-15;1-13-6-2-3-7-15(13)14-10-11-17-16-8-4-5-9-18(16)20-19(17)12-14;1-13-9-11-14(12-10-13)15-6-4-8-18-19(15)16-5-2-3-7-17(16)20-18/h2-16H,1H3;5-7,10-12,14H,2-4,8-9H2,1H3;5*2-12H,1H3. The van der Waals surface area contributed by atoms with Crippen molar-refractivity contribution < 1.29 is 8.83 Å². The van der Waals surface area contributed by atoms with E-state index in [1.165, 1.54) is 255 Å². The Morgan fingerprint density at radius 1 is 0.171 bits per heavy atom. The number of hydrogen-bond acceptors (Lipinski definition) is 7. The second kappa shape index (κ2) is 41.9. The molecule has 146 heavy (non-hydrogen) atoms. The molecule has 28 aromatic rings. The smallest absolute Gasteiger partial charge is 0.143 e. The molecule has 0 spiro atoms. The first kappa shape index (κ1) is 93.9. The fraction of sp³-hybridized carbons (Fsp3) is 0.0935. The molecule has 21 aromatic carbocycles. The fourth-order valence-corrected chi connectivity index (χ4v) is 27.0. The van der Waals surface area contributed by atoms with Gasteiger partial charge in [-0.2, -0.15) is 0 Å². The number of benzene rings is 21. The minimum absolute atomic E-state index is 0.688. The summed E-state index contributed by atoms with van der Waals surface area (Å²) >= 11 is 9.38. The summed E-state index contributed by atoms with van der Waals surface area (Å²) in [7, 11) is 0. The molecule has 0 unspecified atom stereocenters. The van der Waals surface area contributed by atoms with E-state index >= 15 is 0 Å². The molecule has 1 aliphatic carbocycles. The van der Waals surface area contributed by atoms with Crippen LogP contribution in [-0.4, -0.2) is 0 Å². The first-order valence-corrected chi connectivity index (χ1v) is 54.7. The summed E-state index contributed by atoms with van der Waals surface area (Å²) in [5, 5.41) is 18.6. The van der Waals surface area contributed by atoms with Crippen molar-refractivity contribution in [1.29, 1.82) is 0 Å². The molecule has 0 atom stereocenters. The van der Waals surface area contributed by atoms with Crippen LogP contribution < -0.4 is 0 Å². The summed E-state index contributed by atoms with van der Waals surface area (Å²) in [5.74, 6) is 0.688. The van der Waals surface area contributed by atoms with E-state index in [-0.39, 0.29) is 0 Å². The monoisotopic (exact) mass is 1970 g/mol. The minimum atomic E-state index is 0.688. The van der Waals surface area contributed by atoms with Crippen LogP contribution in [0.5, 0.6) is 0 Å². The summed E-state index contributed by atoms with van der Waals surface area (Å²) < 4.78 is 26.4. The van der Waals surface area contributed by atoms with Crippen LogP contribution in [0.25, 0.3) is 223 Å². The highest BCUT2D eigenvalue weighted by atomic mass is 32.1. The van der Waals surface area contributed by atoms with Gasteiger partial charge in [0.05, 0.1) is 0 Å². The van der Waals surface area contributed by atoms with E-state index in [2.05, 4.69) is 503 Å². The maximum atomic E-state index is 6.45. The number of aryl methyl sites for hydroxylation is 7. The van der Waals surface area contributed by atoms with Gasteiger partial charge in [-0.25, -0.2) is 0 Å². The Balaban J connectivity index is 0.0000000942. The van der Waals surface area contributed by atoms with E-state index in [0.29, 0.717) is 5.92 Å². The van der Waals surface area contributed by atoms with Gasteiger partial charge in [0, 0.05) is 134 Å². The average molecular weight is 1970 g/mol. The molecule has 1 saturated carbocycles. The molecule has 29 rings (SSSR count). The third-order valence-electron chi connectivity index (χ3n) is 28.7. The van der Waals surface area contributed by atoms with Crippen LogP contribution in [0.2, 0.25) is 0 Å². The summed E-state index contributed by atoms with van der Waals surface area (Å²) in [6.07, 6.45) is 6.75. The second-order valence-corrected chi connectivity index (χ2v) is 43.9. The van der Waals surface area contributed by atoms with E-state index < -0.39 is 0 Å². The van der Waals surface area contributed by atoms with Crippen LogP contribution in [0.15, 0.2) is 470 Å². The Bertz CT molecular complexity index is 9640. The first-order valence-electron chi connectivity index (χ1n) is 50.6. The molecule has 2 nitrogen and oxygen atoms in total. The normalized spacial score (nSPS) is 12.0. The number of thiophene rings is 5. The number of hydrogen-bond donors (Lipinski definition) is 0. The van der Waals surface area contributed by atoms with Crippen molar-refractivity contribution in [2.75, 3.05) is 0 Å². The van der Waals surface area contributed by atoms with E-state index in [0.717, 1.165) is 44.2 Å². The number of furan rings is 2. The van der Waals surface area contributed by atoms with Gasteiger partial charge >= 0.3 is 0 Å². The van der Waals surface area contributed by atoms with Crippen LogP contribution in [0.1, 0.15) is 82.5 Å². The minimum Gasteiger partial charge on any atom is -0.455 e. The topological polar surface area (TPSA) is 26.3 Å². The SMILES string of the molecule is Cc1ccc(-c2cccc3c2oc2c(-c4ccccc4)cccc23)cc1.Cc1ccc(-c2cccc3sc4ccccc4c23)cc1.Cc1cccc(-c2ccc3c(c2)sc2ccccc23)c1.Cc1cccc(-c2cccc3sc4ccccc4c23)c1.Cc1cccc2c1oc1c(C3CCCCC3)cccc12.Cc1ccccc1-c1ccc2c(c1)sc1ccccc12.Cc1ccccc1-c1cccc2sc3ccccc3c12. The molecule has 1 fully saturated rings. The summed E-state index contributed by atoms with van der Waals surface area (Å²) in [4.78, 5) is 0. The molecule has 0 radical (unpaired) electrons. The van der Waals surface area contributed by atoms with Crippen molar-refractivity contribution in [3.05, 3.63) is 506 Å². The van der Waals surface area contributed by atoms with Crippen molar-refractivity contribution >= 4 is 201 Å². The van der Waals surface area contributed by atoms with Gasteiger partial charge in [-0.3, -0.25) is 0 Å². The van der Waals surface area contributed by atoms with Crippen LogP contribution in [-0.2, 0) is 0 Å². The van der Waals surface area contributed by atoms with Crippen molar-refractivity contribution in [2.45, 2.75) is 86.5 Å². The zero-order valence-corrected chi connectivity index (χ0v) is 86.9. The van der Waals surface area contributed by atoms with Crippen LogP contribution in [0.4, 0.5) is 0 Å². The Hall–Kier alpha value is -15.7. The Morgan fingerprint density at radius 2 is 0.473 bits per heavy atom. The lowest BCUT2D eigenvalue weighted by atomic mass is 9.83. The van der Waals surface area contributed by atoms with Gasteiger partial charge in [-0.05, 0) is 217 Å². The summed E-state index contributed by atoms with van der Waals surface area (Å²) in [5.41, 5.74) is 32.4. The van der Waals surface area contributed by atoms with Crippen molar-refractivity contribution in [1.82, 2.24) is 0 Å². The van der Waals surface area contributed by atoms with Crippen molar-refractivity contribution in [2.24, 2.45) is 0 Å². The third-order valence-corrected chi connectivity index (χ3v) is 34.3. The number of rotatable bonds is 8. The van der Waals surface area contributed by atoms with Gasteiger partial charge in [-0.15, -0.1) is 56.7 Å². The van der Waals surface area contributed by atoms with Crippen molar-refractivity contribution in [3.63, 3.8) is 0 Å². The second-order valence-electron chi connectivity index (χ2n) is 38.5. The lowest BCUT2D eigenvalue weighted by molar-refractivity contribution is 0.442. The van der Waals surface area contributed by atoms with E-state index in [4.69, 9.17) is 8.83 Å². The predicted molar refractivity (Wildman–Crippen MR) is 641 cm³/mol. The molecule has 0 bridgehead atoms. The van der Waals surface area contributed by atoms with Crippen LogP contribution >= 0.6 is 56.7 Å². The van der Waals surface area contributed by atoms with Gasteiger partial charge in [-0.1, -0.05) is 442 Å². The third kappa shape index (κ3) is 19.2. The lowest BCUT2D eigenvalue weighted by Crippen LogP contribution is -2.04. The maximum Gasteiger partial charge on any atom is 0.143 e. The van der Waals surface area contributed by atoms with Gasteiger partial charge < -0.3 is 8.83 Å². The quantitative estimate of drug-likeness (QED) is 0.152. The zero-order valence-electron chi connectivity index (χ0n) is 82.8. The van der Waals surface area contributed by atoms with E-state index in [1.807, 2.05) is 62.8 Å². The molecule has 7 heterocycles. The van der Waals surface area contributed by atoms with E-state index in [1.54, 1.807) is 0 Å². The van der Waals surface area contributed by atoms with Gasteiger partial charge in [0.1, 0.15) is 22.3 Å². The van der Waals surface area contributed by atoms with Gasteiger partial charge in [0.15, 0.2) is 0 Å². The largest absolute Gasteiger partial charge is 0.455 e. The predicted octanol–water partition coefficient (Wildman–Crippen LogP) is 43.3. The summed E-state index contributed by atoms with van der Waals surface area (Å²) in [6, 6.07) is 165. The summed E-state index contributed by atoms with van der Waals surface area (Å²) in [6.45, 7) is 15.0. The molecule has 0 aliphatic heterocycles. The Morgan fingerprint density at radius 3 is 0.993 bits per heavy atom. The van der Waals surface area contributed by atoms with Crippen LogP contribution in [0, 0.1) is 48.5 Å². The molecule has 0 saturated heterocycles. The number of para-hydroxylation sites is 4. The molecule has 706 valence electrons. The highest BCUT2D eigenvalue weighted by Gasteiger charge is 2.24. The zero-order chi connectivity index (χ0) is 98.7. The number of fused-ring (bicyclic) bond motifs is 21. The Labute approximate surface area is 872 Å². The first-order chi connectivity index (χ1) is 71.8. The fourth-order valence-electron chi connectivity index (χ4n) is 21.3. The highest BCUT2D eigenvalue weighted by Crippen LogP contribution is 2.48. The average Bonchev–Trinajstić information content (AvgIpc) is 1.56. The molecule has 1 aliphatic rings. The van der Waals surface area contributed by atoms with Crippen molar-refractivity contribution in [3.8, 4) is 77.9 Å². The highest BCUT2D eigenvalue weighted by molar-refractivity contribution is 7.27. The molecule has 7 heteroatoms.